The van der Waals surface area contributed by atoms with Crippen LogP contribution >= 0.6 is 15.9 Å². The van der Waals surface area contributed by atoms with Crippen molar-refractivity contribution in [1.82, 2.24) is 5.32 Å². The van der Waals surface area contributed by atoms with Gasteiger partial charge in [0.15, 0.2) is 0 Å². The highest BCUT2D eigenvalue weighted by Gasteiger charge is 2.27. The van der Waals surface area contributed by atoms with Crippen LogP contribution in [0.1, 0.15) is 30.1 Å². The zero-order valence-electron chi connectivity index (χ0n) is 8.97. The van der Waals surface area contributed by atoms with Gasteiger partial charge in [0, 0.05) is 6.04 Å². The van der Waals surface area contributed by atoms with E-state index < -0.39 is 5.82 Å². The Kier molecular flexibility index (Phi) is 3.28. The van der Waals surface area contributed by atoms with Crippen molar-refractivity contribution in [2.45, 2.75) is 25.8 Å². The molecule has 1 fully saturated rings. The average molecular weight is 286 g/mol. The van der Waals surface area contributed by atoms with Crippen LogP contribution in [0.15, 0.2) is 22.7 Å². The SMILES string of the molecule is CC1CC(NC(=O)c2cccc(F)c2Br)C1. The summed E-state index contributed by atoms with van der Waals surface area (Å²) in [5.74, 6) is 0.0687. The fraction of sp³-hybridized carbons (Fsp3) is 0.417. The first-order valence-corrected chi connectivity index (χ1v) is 6.12. The van der Waals surface area contributed by atoms with E-state index >= 15 is 0 Å². The smallest absolute Gasteiger partial charge is 0.252 e. The molecule has 1 saturated carbocycles. The molecule has 0 spiro atoms. The van der Waals surface area contributed by atoms with Crippen LogP contribution in [-0.4, -0.2) is 11.9 Å². The lowest BCUT2D eigenvalue weighted by Gasteiger charge is -2.33. The Morgan fingerprint density at radius 2 is 2.19 bits per heavy atom. The van der Waals surface area contributed by atoms with E-state index in [9.17, 15) is 9.18 Å². The lowest BCUT2D eigenvalue weighted by Crippen LogP contribution is -2.43. The second kappa shape index (κ2) is 4.53. The Bertz CT molecular complexity index is 415. The molecule has 1 aliphatic rings. The van der Waals surface area contributed by atoms with Gasteiger partial charge in [0.25, 0.3) is 5.91 Å². The average Bonchev–Trinajstić information content (AvgIpc) is 2.19. The Balaban J connectivity index is 2.06. The maximum Gasteiger partial charge on any atom is 0.252 e. The first kappa shape index (κ1) is 11.6. The Morgan fingerprint density at radius 3 is 2.81 bits per heavy atom. The molecule has 1 N–H and O–H groups in total. The first-order valence-electron chi connectivity index (χ1n) is 5.33. The summed E-state index contributed by atoms with van der Waals surface area (Å²) < 4.78 is 13.4. The molecule has 0 aromatic heterocycles. The minimum absolute atomic E-state index is 0.205. The van der Waals surface area contributed by atoms with Gasteiger partial charge < -0.3 is 5.32 Å². The van der Waals surface area contributed by atoms with Gasteiger partial charge >= 0.3 is 0 Å². The molecule has 86 valence electrons. The lowest BCUT2D eigenvalue weighted by molar-refractivity contribution is 0.0894. The van der Waals surface area contributed by atoms with E-state index in [-0.39, 0.29) is 16.4 Å². The van der Waals surface area contributed by atoms with Gasteiger partial charge in [0.1, 0.15) is 5.82 Å². The highest BCUT2D eigenvalue weighted by atomic mass is 79.9. The molecule has 4 heteroatoms. The molecule has 0 unspecified atom stereocenters. The van der Waals surface area contributed by atoms with Crippen LogP contribution in [0.25, 0.3) is 0 Å². The van der Waals surface area contributed by atoms with Gasteiger partial charge in [-0.05, 0) is 46.8 Å². The lowest BCUT2D eigenvalue weighted by atomic mass is 9.82. The topological polar surface area (TPSA) is 29.1 Å². The number of carbonyl (C=O) groups is 1. The van der Waals surface area contributed by atoms with Crippen LogP contribution in [0.4, 0.5) is 4.39 Å². The highest BCUT2D eigenvalue weighted by molar-refractivity contribution is 9.10. The molecule has 1 aromatic carbocycles. The predicted octanol–water partition coefficient (Wildman–Crippen LogP) is 3.12. The third-order valence-electron chi connectivity index (χ3n) is 2.91. The van der Waals surface area contributed by atoms with Crippen LogP contribution in [-0.2, 0) is 0 Å². The standard InChI is InChI=1S/C12H13BrFNO/c1-7-5-8(6-7)15-12(16)9-3-2-4-10(14)11(9)13/h2-4,7-8H,5-6H2,1H3,(H,15,16). The summed E-state index contributed by atoms with van der Waals surface area (Å²) in [6.45, 7) is 2.15. The normalized spacial score (nSPS) is 23.7. The minimum atomic E-state index is -0.408. The van der Waals surface area contributed by atoms with Gasteiger partial charge in [-0.1, -0.05) is 13.0 Å². The molecular formula is C12H13BrFNO. The summed E-state index contributed by atoms with van der Waals surface area (Å²) in [7, 11) is 0. The molecule has 2 rings (SSSR count). The monoisotopic (exact) mass is 285 g/mol. The van der Waals surface area contributed by atoms with Crippen LogP contribution in [0.3, 0.4) is 0 Å². The van der Waals surface area contributed by atoms with Gasteiger partial charge in [-0.15, -0.1) is 0 Å². The molecule has 0 atom stereocenters. The maximum atomic E-state index is 13.2. The number of benzene rings is 1. The Labute approximate surface area is 102 Å². The van der Waals surface area contributed by atoms with Crippen molar-refractivity contribution in [1.29, 1.82) is 0 Å². The summed E-state index contributed by atoms with van der Waals surface area (Å²) in [6.07, 6.45) is 2.03. The minimum Gasteiger partial charge on any atom is -0.349 e. The van der Waals surface area contributed by atoms with E-state index in [0.717, 1.165) is 12.8 Å². The second-order valence-corrected chi connectivity index (χ2v) is 5.14. The van der Waals surface area contributed by atoms with Gasteiger partial charge in [0.05, 0.1) is 10.0 Å². The number of hydrogen-bond donors (Lipinski definition) is 1. The Morgan fingerprint density at radius 1 is 1.50 bits per heavy atom. The number of rotatable bonds is 2. The van der Waals surface area contributed by atoms with Crippen molar-refractivity contribution in [3.05, 3.63) is 34.1 Å². The number of amides is 1. The zero-order chi connectivity index (χ0) is 11.7. The predicted molar refractivity (Wildman–Crippen MR) is 63.8 cm³/mol. The van der Waals surface area contributed by atoms with Crippen LogP contribution in [0, 0.1) is 11.7 Å². The Hall–Kier alpha value is -0.900. The summed E-state index contributed by atoms with van der Waals surface area (Å²) in [5.41, 5.74) is 0.361. The van der Waals surface area contributed by atoms with Crippen LogP contribution in [0.5, 0.6) is 0 Å². The fourth-order valence-electron chi connectivity index (χ4n) is 1.96. The third kappa shape index (κ3) is 2.26. The molecule has 16 heavy (non-hydrogen) atoms. The first-order chi connectivity index (χ1) is 7.58. The van der Waals surface area contributed by atoms with Crippen molar-refractivity contribution >= 4 is 21.8 Å². The van der Waals surface area contributed by atoms with E-state index in [0.29, 0.717) is 11.5 Å². The molecule has 2 nitrogen and oxygen atoms in total. The van der Waals surface area contributed by atoms with Gasteiger partial charge in [-0.3, -0.25) is 4.79 Å². The summed E-state index contributed by atoms with van der Waals surface area (Å²) in [4.78, 5) is 11.8. The zero-order valence-corrected chi connectivity index (χ0v) is 10.6. The van der Waals surface area contributed by atoms with Crippen LogP contribution < -0.4 is 5.32 Å². The van der Waals surface area contributed by atoms with Crippen molar-refractivity contribution in [3.63, 3.8) is 0 Å². The molecule has 0 bridgehead atoms. The molecule has 1 amide bonds. The van der Waals surface area contributed by atoms with Crippen LogP contribution in [0.2, 0.25) is 0 Å². The number of nitrogens with one attached hydrogen (secondary N) is 1. The quantitative estimate of drug-likeness (QED) is 0.889. The van der Waals surface area contributed by atoms with Gasteiger partial charge in [-0.25, -0.2) is 4.39 Å². The van der Waals surface area contributed by atoms with Crippen molar-refractivity contribution in [2.75, 3.05) is 0 Å². The fourth-order valence-corrected chi connectivity index (χ4v) is 2.41. The summed E-state index contributed by atoms with van der Waals surface area (Å²) >= 11 is 3.09. The van der Waals surface area contributed by atoms with E-state index in [1.54, 1.807) is 12.1 Å². The largest absolute Gasteiger partial charge is 0.349 e. The van der Waals surface area contributed by atoms with Crippen molar-refractivity contribution < 1.29 is 9.18 Å². The highest BCUT2D eigenvalue weighted by Crippen LogP contribution is 2.27. The molecular weight excluding hydrogens is 273 g/mol. The number of halogens is 2. The third-order valence-corrected chi connectivity index (χ3v) is 3.71. The molecule has 1 aromatic rings. The maximum absolute atomic E-state index is 13.2. The molecule has 1 aliphatic carbocycles. The molecule has 0 aliphatic heterocycles. The summed E-state index contributed by atoms with van der Waals surface area (Å²) in [5, 5.41) is 2.90. The number of carbonyl (C=O) groups excluding carboxylic acids is 1. The molecule has 0 heterocycles. The van der Waals surface area contributed by atoms with Gasteiger partial charge in [-0.2, -0.15) is 0 Å². The second-order valence-electron chi connectivity index (χ2n) is 4.35. The molecule has 0 radical (unpaired) electrons. The van der Waals surface area contributed by atoms with Gasteiger partial charge in [0.2, 0.25) is 0 Å². The number of hydrogen-bond acceptors (Lipinski definition) is 1. The van der Waals surface area contributed by atoms with E-state index in [4.69, 9.17) is 0 Å². The van der Waals surface area contributed by atoms with Crippen molar-refractivity contribution in [3.8, 4) is 0 Å². The van der Waals surface area contributed by atoms with E-state index in [1.165, 1.54) is 6.07 Å². The van der Waals surface area contributed by atoms with E-state index in [2.05, 4.69) is 28.2 Å². The molecule has 0 saturated heterocycles. The van der Waals surface area contributed by atoms with Crippen molar-refractivity contribution in [2.24, 2.45) is 5.92 Å². The van der Waals surface area contributed by atoms with E-state index in [1.807, 2.05) is 0 Å². The summed E-state index contributed by atoms with van der Waals surface area (Å²) in [6, 6.07) is 4.73.